The van der Waals surface area contributed by atoms with Crippen LogP contribution >= 0.6 is 0 Å². The summed E-state index contributed by atoms with van der Waals surface area (Å²) in [6.07, 6.45) is 0.972. The third-order valence-electron chi connectivity index (χ3n) is 5.77. The molecule has 0 unspecified atom stereocenters. The Bertz CT molecular complexity index is 989. The molecule has 29 heavy (non-hydrogen) atoms. The number of piperazine rings is 1. The Morgan fingerprint density at radius 2 is 2.03 bits per heavy atom. The predicted molar refractivity (Wildman–Crippen MR) is 105 cm³/mol. The van der Waals surface area contributed by atoms with Crippen molar-refractivity contribution in [1.29, 1.82) is 0 Å². The summed E-state index contributed by atoms with van der Waals surface area (Å²) in [5.74, 6) is -1.79. The molecule has 7 heteroatoms. The normalized spacial score (nSPS) is 23.4. The Labute approximate surface area is 169 Å². The van der Waals surface area contributed by atoms with Gasteiger partial charge in [0.25, 0.3) is 5.91 Å². The maximum absolute atomic E-state index is 13.3. The quantitative estimate of drug-likeness (QED) is 0.743. The number of phenolic OH excluding ortho intramolecular Hbond substituents is 1. The number of carbonyl (C=O) groups is 3. The minimum absolute atomic E-state index is 0.0259. The van der Waals surface area contributed by atoms with E-state index in [0.29, 0.717) is 37.1 Å². The van der Waals surface area contributed by atoms with Crippen LogP contribution in [0.4, 0.5) is 0 Å². The lowest BCUT2D eigenvalue weighted by atomic mass is 9.67. The molecule has 1 aromatic carbocycles. The van der Waals surface area contributed by atoms with Gasteiger partial charge in [0.05, 0.1) is 12.7 Å². The number of methoxy groups -OCH3 is 1. The highest BCUT2D eigenvalue weighted by Gasteiger charge is 2.48. The van der Waals surface area contributed by atoms with Crippen molar-refractivity contribution in [2.75, 3.05) is 20.2 Å². The van der Waals surface area contributed by atoms with Gasteiger partial charge in [0, 0.05) is 36.7 Å². The van der Waals surface area contributed by atoms with Crippen molar-refractivity contribution in [3.05, 3.63) is 52.4 Å². The Morgan fingerprint density at radius 1 is 1.28 bits per heavy atom. The first-order valence-corrected chi connectivity index (χ1v) is 9.67. The topological polar surface area (TPSA) is 95.9 Å². The molecule has 0 saturated carbocycles. The second-order valence-electron chi connectivity index (χ2n) is 8.49. The number of nitrogens with one attached hydrogen (secondary N) is 1. The van der Waals surface area contributed by atoms with Crippen LogP contribution in [-0.2, 0) is 19.1 Å². The number of amides is 1. The first-order valence-electron chi connectivity index (χ1n) is 9.67. The molecule has 7 nitrogen and oxygen atoms in total. The number of benzene rings is 1. The number of carbonyl (C=O) groups excluding carboxylic acids is 3. The van der Waals surface area contributed by atoms with E-state index in [-0.39, 0.29) is 34.1 Å². The van der Waals surface area contributed by atoms with Gasteiger partial charge >= 0.3 is 5.97 Å². The lowest BCUT2D eigenvalue weighted by Crippen LogP contribution is -2.51. The number of phenols is 1. The highest BCUT2D eigenvalue weighted by molar-refractivity contribution is 6.09. The van der Waals surface area contributed by atoms with E-state index in [1.807, 2.05) is 18.7 Å². The lowest BCUT2D eigenvalue weighted by molar-refractivity contribution is -0.137. The fourth-order valence-electron chi connectivity index (χ4n) is 4.65. The van der Waals surface area contributed by atoms with Crippen LogP contribution in [0.25, 0.3) is 0 Å². The van der Waals surface area contributed by atoms with Crippen LogP contribution in [0.3, 0.4) is 0 Å². The number of hydrogen-bond donors (Lipinski definition) is 2. The van der Waals surface area contributed by atoms with Gasteiger partial charge in [0.15, 0.2) is 5.78 Å². The zero-order valence-corrected chi connectivity index (χ0v) is 16.7. The van der Waals surface area contributed by atoms with Gasteiger partial charge in [-0.2, -0.15) is 0 Å². The number of esters is 1. The second-order valence-corrected chi connectivity index (χ2v) is 8.49. The summed E-state index contributed by atoms with van der Waals surface area (Å²) in [6, 6.07) is 6.47. The highest BCUT2D eigenvalue weighted by atomic mass is 16.5. The van der Waals surface area contributed by atoms with Gasteiger partial charge in [0.2, 0.25) is 0 Å². The van der Waals surface area contributed by atoms with Gasteiger partial charge < -0.3 is 20.1 Å². The number of ketones is 1. The van der Waals surface area contributed by atoms with Crippen LogP contribution in [0, 0.1) is 5.41 Å². The van der Waals surface area contributed by atoms with Crippen LogP contribution in [-0.4, -0.2) is 47.9 Å². The fourth-order valence-corrected chi connectivity index (χ4v) is 4.65. The van der Waals surface area contributed by atoms with E-state index in [9.17, 15) is 19.5 Å². The number of rotatable bonds is 2. The number of aromatic hydroxyl groups is 1. The van der Waals surface area contributed by atoms with Crippen molar-refractivity contribution in [3.8, 4) is 5.75 Å². The summed E-state index contributed by atoms with van der Waals surface area (Å²) >= 11 is 0. The molecule has 152 valence electrons. The molecule has 1 saturated heterocycles. The molecule has 4 rings (SSSR count). The molecule has 0 aromatic heterocycles. The molecular formula is C22H24N2O5. The van der Waals surface area contributed by atoms with E-state index in [1.54, 1.807) is 12.1 Å². The molecule has 1 atom stereocenters. The zero-order valence-electron chi connectivity index (χ0n) is 16.7. The third-order valence-corrected chi connectivity index (χ3v) is 5.77. The number of Topliss-reactive ketones (excluding diaryl/α,β-unsaturated/α-hetero) is 1. The summed E-state index contributed by atoms with van der Waals surface area (Å²) in [4.78, 5) is 40.8. The van der Waals surface area contributed by atoms with E-state index >= 15 is 0 Å². The van der Waals surface area contributed by atoms with Crippen molar-refractivity contribution < 1.29 is 24.2 Å². The van der Waals surface area contributed by atoms with Crippen LogP contribution in [0.5, 0.6) is 5.75 Å². The Balaban J connectivity index is 2.03. The first-order chi connectivity index (χ1) is 13.7. The predicted octanol–water partition coefficient (Wildman–Crippen LogP) is 1.99. The fraction of sp³-hybridized carbons (Fsp3) is 0.409. The van der Waals surface area contributed by atoms with Crippen LogP contribution in [0.2, 0.25) is 0 Å². The molecule has 1 amide bonds. The molecule has 2 aliphatic heterocycles. The SMILES string of the molecule is COC(=O)C1=C2C(=O)NCCN2C2=C(C(=O)CC(C)(C)C2)[C@@H]1c1cccc(O)c1. The second kappa shape index (κ2) is 6.76. The molecule has 1 aliphatic carbocycles. The third kappa shape index (κ3) is 3.10. The molecule has 2 heterocycles. The summed E-state index contributed by atoms with van der Waals surface area (Å²) in [7, 11) is 1.26. The van der Waals surface area contributed by atoms with Gasteiger partial charge in [0.1, 0.15) is 11.4 Å². The first kappa shape index (κ1) is 19.2. The van der Waals surface area contributed by atoms with Gasteiger partial charge in [-0.1, -0.05) is 26.0 Å². The standard InChI is InChI=1S/C22H24N2O5/c1-22(2)10-14-17(15(26)11-22)16(12-5-4-6-13(25)9-12)18(21(28)29-3)19-20(27)23-7-8-24(14)19/h4-6,9,16,25H,7-8,10-11H2,1-3H3,(H,23,27)/t16-/m0/s1. The average Bonchev–Trinajstić information content (AvgIpc) is 2.66. The van der Waals surface area contributed by atoms with Crippen molar-refractivity contribution in [1.82, 2.24) is 10.2 Å². The van der Waals surface area contributed by atoms with E-state index in [1.165, 1.54) is 19.2 Å². The Hall–Kier alpha value is -3.09. The van der Waals surface area contributed by atoms with Crippen molar-refractivity contribution in [2.45, 2.75) is 32.6 Å². The smallest absolute Gasteiger partial charge is 0.337 e. The number of ether oxygens (including phenoxy) is 1. The molecule has 0 radical (unpaired) electrons. The molecule has 2 N–H and O–H groups in total. The van der Waals surface area contributed by atoms with Gasteiger partial charge in [-0.05, 0) is 29.5 Å². The maximum atomic E-state index is 13.3. The zero-order chi connectivity index (χ0) is 20.9. The highest BCUT2D eigenvalue weighted by Crippen LogP contribution is 2.50. The monoisotopic (exact) mass is 396 g/mol. The molecule has 0 bridgehead atoms. The number of nitrogens with zero attached hydrogens (tertiary/aromatic N) is 1. The molecule has 1 aromatic rings. The number of allylic oxidation sites excluding steroid dienone is 2. The number of fused-ring (bicyclic) bond motifs is 2. The summed E-state index contributed by atoms with van der Waals surface area (Å²) < 4.78 is 5.03. The maximum Gasteiger partial charge on any atom is 0.337 e. The van der Waals surface area contributed by atoms with Gasteiger partial charge in [-0.15, -0.1) is 0 Å². The van der Waals surface area contributed by atoms with Crippen LogP contribution in [0.1, 0.15) is 38.2 Å². The number of hydrogen-bond acceptors (Lipinski definition) is 6. The van der Waals surface area contributed by atoms with Crippen LogP contribution < -0.4 is 5.32 Å². The molecular weight excluding hydrogens is 372 g/mol. The van der Waals surface area contributed by atoms with Gasteiger partial charge in [-0.3, -0.25) is 9.59 Å². The largest absolute Gasteiger partial charge is 0.508 e. The minimum atomic E-state index is -0.761. The van der Waals surface area contributed by atoms with E-state index in [2.05, 4.69) is 5.32 Å². The van der Waals surface area contributed by atoms with Crippen molar-refractivity contribution in [2.24, 2.45) is 5.41 Å². The molecule has 0 spiro atoms. The molecule has 1 fully saturated rings. The summed E-state index contributed by atoms with van der Waals surface area (Å²) in [6.45, 7) is 4.97. The summed E-state index contributed by atoms with van der Waals surface area (Å²) in [5.41, 5.74) is 2.02. The van der Waals surface area contributed by atoms with Crippen molar-refractivity contribution in [3.63, 3.8) is 0 Å². The Morgan fingerprint density at radius 3 is 2.72 bits per heavy atom. The molecule has 3 aliphatic rings. The Kier molecular flexibility index (Phi) is 4.48. The average molecular weight is 396 g/mol. The van der Waals surface area contributed by atoms with Crippen LogP contribution in [0.15, 0.2) is 46.8 Å². The minimum Gasteiger partial charge on any atom is -0.508 e. The van der Waals surface area contributed by atoms with E-state index < -0.39 is 11.9 Å². The van der Waals surface area contributed by atoms with Crippen molar-refractivity contribution >= 4 is 17.7 Å². The van der Waals surface area contributed by atoms with Gasteiger partial charge in [-0.25, -0.2) is 4.79 Å². The summed E-state index contributed by atoms with van der Waals surface area (Å²) in [5, 5.41) is 12.8. The van der Waals surface area contributed by atoms with E-state index in [0.717, 1.165) is 5.70 Å². The lowest BCUT2D eigenvalue weighted by Gasteiger charge is -2.46. The van der Waals surface area contributed by atoms with E-state index in [4.69, 9.17) is 4.74 Å².